The third kappa shape index (κ3) is 93.9. The van der Waals surface area contributed by atoms with Crippen LogP contribution in [0.15, 0.2) is 0 Å². The molecule has 0 aromatic carbocycles. The fraction of sp³-hybridized carbons (Fsp3) is 0. The molecule has 0 aliphatic heterocycles. The Morgan fingerprint density at radius 2 is 1.50 bits per heavy atom. The van der Waals surface area contributed by atoms with E-state index in [0.29, 0.717) is 0 Å². The van der Waals surface area contributed by atoms with Gasteiger partial charge in [0.05, 0.1) is 0 Å². The van der Waals surface area contributed by atoms with Crippen LogP contribution in [-0.4, -0.2) is 19.7 Å². The van der Waals surface area contributed by atoms with Gasteiger partial charge in [-0.15, -0.1) is 0 Å². The van der Waals surface area contributed by atoms with Crippen molar-refractivity contribution in [1.29, 1.82) is 0 Å². The Bertz CT molecular complexity index is 56.9. The molecule has 0 bridgehead atoms. The topological polar surface area (TPSA) is 57.5 Å². The summed E-state index contributed by atoms with van der Waals surface area (Å²) in [4.78, 5) is 15.4. The van der Waals surface area contributed by atoms with E-state index in [4.69, 9.17) is 9.79 Å². The minimum absolute atomic E-state index is 0. The first-order chi connectivity index (χ1) is 2.00. The third-order valence-electron chi connectivity index (χ3n) is 0. The molecule has 0 fully saturated rings. The van der Waals surface area contributed by atoms with Gasteiger partial charge in [-0.1, -0.05) is 0 Å². The molecule has 2 N–H and O–H groups in total. The van der Waals surface area contributed by atoms with Crippen molar-refractivity contribution >= 4 is 17.1 Å². The molecule has 0 amide bonds. The zero-order valence-electron chi connectivity index (χ0n) is 3.13. The molecule has 0 spiro atoms. The van der Waals surface area contributed by atoms with Gasteiger partial charge in [0.2, 0.25) is 0 Å². The van der Waals surface area contributed by atoms with Crippen LogP contribution >= 0.6 is 7.14 Å². The molecule has 0 atom stereocenters. The van der Waals surface area contributed by atoms with E-state index < -0.39 is 7.14 Å². The van der Waals surface area contributed by atoms with Gasteiger partial charge in [-0.3, -0.25) is 4.57 Å². The summed E-state index contributed by atoms with van der Waals surface area (Å²) in [5.41, 5.74) is 0. The van der Waals surface area contributed by atoms with E-state index in [9.17, 15) is 4.57 Å². The smallest absolute Gasteiger partial charge is 0.281 e. The molecule has 0 aromatic heterocycles. The molecule has 0 saturated heterocycles. The van der Waals surface area contributed by atoms with E-state index in [1.54, 1.807) is 0 Å². The van der Waals surface area contributed by atoms with Crippen molar-refractivity contribution < 1.29 is 31.4 Å². The Kier molecular flexibility index (Phi) is 4.94. The standard InChI is InChI=1S/Mn.H5O3PSi/c;1-4(2,3)5/h;5H3,(H2,1,2,3). The molecule has 3 nitrogen and oxygen atoms in total. The summed E-state index contributed by atoms with van der Waals surface area (Å²) < 4.78 is 9.39. The largest absolute Gasteiger partial charge is 0.329 e. The van der Waals surface area contributed by atoms with Gasteiger partial charge in [-0.2, -0.15) is 0 Å². The van der Waals surface area contributed by atoms with Gasteiger partial charge in [0.25, 0.3) is 7.14 Å². The second kappa shape index (κ2) is 2.96. The van der Waals surface area contributed by atoms with Crippen molar-refractivity contribution in [3.05, 3.63) is 0 Å². The van der Waals surface area contributed by atoms with Gasteiger partial charge < -0.3 is 9.79 Å². The molecule has 1 radical (unpaired) electrons. The molecular weight excluding hydrogens is 162 g/mol. The molecule has 0 heterocycles. The van der Waals surface area contributed by atoms with Crippen LogP contribution in [0.5, 0.6) is 0 Å². The molecule has 0 aliphatic rings. The van der Waals surface area contributed by atoms with Crippen LogP contribution in [-0.2, 0) is 21.6 Å². The van der Waals surface area contributed by atoms with Gasteiger partial charge in [0.1, 0.15) is 9.91 Å². The van der Waals surface area contributed by atoms with Crippen LogP contribution in [0, 0.1) is 0 Å². The van der Waals surface area contributed by atoms with Crippen LogP contribution < -0.4 is 0 Å². The molecule has 0 aliphatic carbocycles. The van der Waals surface area contributed by atoms with Gasteiger partial charge in [0, 0.05) is 17.1 Å². The number of hydrogen-bond acceptors (Lipinski definition) is 1. The van der Waals surface area contributed by atoms with Gasteiger partial charge in [-0.25, -0.2) is 0 Å². The molecular formula is H5MnO3PSi. The second-order valence-electron chi connectivity index (χ2n) is 0.835. The normalized spacial score (nSPS) is 10.3. The SMILES string of the molecule is O=P(O)(O)[SiH3].[Mn]. The Labute approximate surface area is 49.0 Å². The number of rotatable bonds is 0. The van der Waals surface area contributed by atoms with Gasteiger partial charge in [-0.05, 0) is 0 Å². The predicted molar refractivity (Wildman–Crippen MR) is 22.0 cm³/mol. The van der Waals surface area contributed by atoms with E-state index in [1.165, 1.54) is 0 Å². The molecule has 6 heavy (non-hydrogen) atoms. The fourth-order valence-electron chi connectivity index (χ4n) is 0. The average molecular weight is 167 g/mol. The minimum atomic E-state index is -3.50. The maximum absolute atomic E-state index is 9.39. The first kappa shape index (κ1) is 9.99. The predicted octanol–water partition coefficient (Wildman–Crippen LogP) is -1.56. The summed E-state index contributed by atoms with van der Waals surface area (Å²) in [6.07, 6.45) is 0. The first-order valence-electron chi connectivity index (χ1n) is 1.03. The van der Waals surface area contributed by atoms with Crippen LogP contribution in [0.2, 0.25) is 0 Å². The molecule has 6 heteroatoms. The van der Waals surface area contributed by atoms with Crippen molar-refractivity contribution in [2.24, 2.45) is 0 Å². The molecule has 0 saturated carbocycles. The van der Waals surface area contributed by atoms with Crippen LogP contribution in [0.1, 0.15) is 0 Å². The van der Waals surface area contributed by atoms with E-state index >= 15 is 0 Å². The van der Waals surface area contributed by atoms with Crippen molar-refractivity contribution in [3.8, 4) is 0 Å². The molecule has 39 valence electrons. The van der Waals surface area contributed by atoms with E-state index in [1.807, 2.05) is 0 Å². The van der Waals surface area contributed by atoms with E-state index in [-0.39, 0.29) is 27.0 Å². The monoisotopic (exact) mass is 167 g/mol. The number of hydrogen-bond donors (Lipinski definition) is 2. The third-order valence-corrected chi connectivity index (χ3v) is 0. The van der Waals surface area contributed by atoms with Crippen LogP contribution in [0.25, 0.3) is 0 Å². The Hall–Kier alpha value is 0.886. The summed E-state index contributed by atoms with van der Waals surface area (Å²) >= 11 is 0. The zero-order valence-corrected chi connectivity index (χ0v) is 7.20. The van der Waals surface area contributed by atoms with Gasteiger partial charge >= 0.3 is 0 Å². The minimum Gasteiger partial charge on any atom is -0.329 e. The Morgan fingerprint density at radius 3 is 1.50 bits per heavy atom. The summed E-state index contributed by atoms with van der Waals surface area (Å²) in [6, 6.07) is 0. The maximum Gasteiger partial charge on any atom is 0.281 e. The van der Waals surface area contributed by atoms with E-state index in [0.717, 1.165) is 0 Å². The summed E-state index contributed by atoms with van der Waals surface area (Å²) in [6.45, 7) is 0. The van der Waals surface area contributed by atoms with Crippen LogP contribution in [0.3, 0.4) is 0 Å². The van der Waals surface area contributed by atoms with Crippen LogP contribution in [0.4, 0.5) is 0 Å². The molecule has 0 unspecified atom stereocenters. The van der Waals surface area contributed by atoms with Gasteiger partial charge in [0.15, 0.2) is 0 Å². The van der Waals surface area contributed by atoms with Crippen molar-refractivity contribution in [3.63, 3.8) is 0 Å². The summed E-state index contributed by atoms with van der Waals surface area (Å²) in [5.74, 6) is 0. The zero-order chi connectivity index (χ0) is 4.50. The second-order valence-corrected chi connectivity index (χ2v) is 6.00. The molecule has 0 rings (SSSR count). The molecule has 0 aromatic rings. The average Bonchev–Trinajstić information content (AvgIpc) is 0.722. The summed E-state index contributed by atoms with van der Waals surface area (Å²) in [7, 11) is -3.53. The Morgan fingerprint density at radius 1 is 1.50 bits per heavy atom. The maximum atomic E-state index is 9.39. The summed E-state index contributed by atoms with van der Waals surface area (Å²) in [5, 5.41) is 0. The fourth-order valence-corrected chi connectivity index (χ4v) is 0. The quantitative estimate of drug-likeness (QED) is 0.339. The van der Waals surface area contributed by atoms with Crippen molar-refractivity contribution in [2.75, 3.05) is 0 Å². The van der Waals surface area contributed by atoms with Crippen molar-refractivity contribution in [2.45, 2.75) is 0 Å². The Balaban J connectivity index is 0. The van der Waals surface area contributed by atoms with Crippen molar-refractivity contribution in [1.82, 2.24) is 0 Å². The first-order valence-corrected chi connectivity index (χ1v) is 5.77. The van der Waals surface area contributed by atoms with E-state index in [2.05, 4.69) is 0 Å².